The lowest BCUT2D eigenvalue weighted by Crippen LogP contribution is -2.39. The number of nitrogens with zero attached hydrogens (tertiary/aromatic N) is 2. The molecule has 11 heteroatoms. The van der Waals surface area contributed by atoms with Gasteiger partial charge in [0.05, 0.1) is 24.3 Å². The number of sulfonamides is 1. The van der Waals surface area contributed by atoms with Crippen LogP contribution in [0.1, 0.15) is 46.1 Å². The number of hydrogen-bond donors (Lipinski definition) is 2. The Morgan fingerprint density at radius 3 is 2.26 bits per heavy atom. The van der Waals surface area contributed by atoms with Crippen molar-refractivity contribution in [1.82, 2.24) is 9.71 Å². The monoisotopic (exact) mass is 705 g/mol. The zero-order chi connectivity index (χ0) is 34.5. The number of para-hydroxylation sites is 1. The smallest absolute Gasteiger partial charge is 0.251 e. The van der Waals surface area contributed by atoms with E-state index < -0.39 is 22.4 Å². The van der Waals surface area contributed by atoms with Crippen molar-refractivity contribution in [3.63, 3.8) is 0 Å². The molecule has 1 aliphatic heterocycles. The van der Waals surface area contributed by atoms with Crippen molar-refractivity contribution in [3.05, 3.63) is 173 Å². The predicted octanol–water partition coefficient (Wildman–Crippen LogP) is 6.57. The molecule has 0 spiro atoms. The number of benzene rings is 4. The minimum atomic E-state index is -3.83. The lowest BCUT2D eigenvalue weighted by atomic mass is 9.84. The van der Waals surface area contributed by atoms with Crippen LogP contribution in [0, 0.1) is 5.21 Å². The van der Waals surface area contributed by atoms with E-state index in [1.165, 1.54) is 18.0 Å². The highest BCUT2D eigenvalue weighted by Crippen LogP contribution is 2.48. The molecule has 1 fully saturated rings. The fraction of sp³-hybridized carbons (Fsp3) is 0.179. The van der Waals surface area contributed by atoms with Gasteiger partial charge in [0.15, 0.2) is 12.5 Å². The standard InChI is InChI=1S/C39H35N3O6S2/c43-25-28-16-18-31(19-17-28)38-36(29-8-2-1-3-9-29)33(26-49-35-13-4-5-23-42(35)44)47-39(48-38)32-20-14-27(15-21-32)24-41-50(45,46)34-12-6-10-30-11-7-22-40-37(30)34/h1-23,33,36,38-39,41,43H,24-26H2. The van der Waals surface area contributed by atoms with E-state index in [1.807, 2.05) is 84.9 Å². The van der Waals surface area contributed by atoms with Crippen molar-refractivity contribution >= 4 is 32.7 Å². The topological polar surface area (TPSA) is 125 Å². The maximum Gasteiger partial charge on any atom is 0.251 e. The van der Waals surface area contributed by atoms with Gasteiger partial charge in [-0.25, -0.2) is 13.1 Å². The van der Waals surface area contributed by atoms with Crippen LogP contribution in [0.2, 0.25) is 0 Å². The van der Waals surface area contributed by atoms with Crippen LogP contribution < -0.4 is 9.45 Å². The molecule has 0 aliphatic carbocycles. The highest BCUT2D eigenvalue weighted by atomic mass is 32.2. The number of aliphatic hydroxyl groups is 1. The molecule has 2 N–H and O–H groups in total. The average molecular weight is 706 g/mol. The Morgan fingerprint density at radius 1 is 0.780 bits per heavy atom. The maximum atomic E-state index is 13.3. The third kappa shape index (κ3) is 7.43. The zero-order valence-corrected chi connectivity index (χ0v) is 28.5. The van der Waals surface area contributed by atoms with Crippen molar-refractivity contribution in [2.24, 2.45) is 0 Å². The molecule has 0 bridgehead atoms. The number of rotatable bonds is 11. The zero-order valence-electron chi connectivity index (χ0n) is 26.9. The summed E-state index contributed by atoms with van der Waals surface area (Å²) in [6.07, 6.45) is 1.55. The number of aromatic nitrogens is 2. The lowest BCUT2D eigenvalue weighted by molar-refractivity contribution is -0.645. The van der Waals surface area contributed by atoms with Crippen LogP contribution in [0.4, 0.5) is 0 Å². The Kier molecular flexibility index (Phi) is 10.2. The molecule has 0 saturated carbocycles. The van der Waals surface area contributed by atoms with Gasteiger partial charge in [0, 0.05) is 47.5 Å². The van der Waals surface area contributed by atoms with Crippen LogP contribution in [0.3, 0.4) is 0 Å². The second-order valence-corrected chi connectivity index (χ2v) is 14.7. The van der Waals surface area contributed by atoms with Gasteiger partial charge in [-0.05, 0) is 40.5 Å². The molecule has 1 saturated heterocycles. The van der Waals surface area contributed by atoms with Gasteiger partial charge in [-0.1, -0.05) is 109 Å². The fourth-order valence-corrected chi connectivity index (χ4v) is 8.36. The van der Waals surface area contributed by atoms with Crippen molar-refractivity contribution in [2.75, 3.05) is 5.75 Å². The summed E-state index contributed by atoms with van der Waals surface area (Å²) in [5.74, 6) is 0.278. The van der Waals surface area contributed by atoms with Gasteiger partial charge in [-0.3, -0.25) is 4.98 Å². The number of ether oxygens (including phenoxy) is 2. The van der Waals surface area contributed by atoms with E-state index in [1.54, 1.807) is 36.5 Å². The first-order chi connectivity index (χ1) is 24.4. The summed E-state index contributed by atoms with van der Waals surface area (Å²) < 4.78 is 43.7. The summed E-state index contributed by atoms with van der Waals surface area (Å²) >= 11 is 1.43. The molecule has 4 aromatic carbocycles. The van der Waals surface area contributed by atoms with Gasteiger partial charge in [-0.2, -0.15) is 4.73 Å². The molecule has 3 heterocycles. The van der Waals surface area contributed by atoms with E-state index in [-0.39, 0.29) is 30.1 Å². The Morgan fingerprint density at radius 2 is 1.50 bits per heavy atom. The van der Waals surface area contributed by atoms with E-state index in [4.69, 9.17) is 9.47 Å². The molecule has 6 aromatic rings. The van der Waals surface area contributed by atoms with Gasteiger partial charge in [0.2, 0.25) is 10.0 Å². The van der Waals surface area contributed by atoms with Gasteiger partial charge in [0.25, 0.3) is 5.03 Å². The molecule has 2 aromatic heterocycles. The Balaban J connectivity index is 1.16. The Bertz CT molecular complexity index is 2160. The first-order valence-corrected chi connectivity index (χ1v) is 18.7. The molecule has 50 heavy (non-hydrogen) atoms. The van der Waals surface area contributed by atoms with E-state index in [9.17, 15) is 18.7 Å². The van der Waals surface area contributed by atoms with Crippen LogP contribution >= 0.6 is 11.8 Å². The van der Waals surface area contributed by atoms with Crippen LogP contribution in [0.15, 0.2) is 150 Å². The number of thioether (sulfide) groups is 1. The maximum absolute atomic E-state index is 13.3. The van der Waals surface area contributed by atoms with Crippen LogP contribution in [0.5, 0.6) is 0 Å². The van der Waals surface area contributed by atoms with Crippen LogP contribution in [-0.4, -0.2) is 30.4 Å². The van der Waals surface area contributed by atoms with E-state index in [0.717, 1.165) is 37.9 Å². The van der Waals surface area contributed by atoms with Crippen molar-refractivity contribution in [2.45, 2.75) is 47.5 Å². The van der Waals surface area contributed by atoms with Gasteiger partial charge >= 0.3 is 0 Å². The Labute approximate surface area is 295 Å². The highest BCUT2D eigenvalue weighted by molar-refractivity contribution is 7.99. The van der Waals surface area contributed by atoms with Crippen LogP contribution in [-0.2, 0) is 32.6 Å². The first-order valence-electron chi connectivity index (χ1n) is 16.2. The number of pyridine rings is 2. The summed E-state index contributed by atoms with van der Waals surface area (Å²) in [7, 11) is -3.83. The van der Waals surface area contributed by atoms with Crippen molar-refractivity contribution in [3.8, 4) is 0 Å². The number of aliphatic hydroxyl groups excluding tert-OH is 1. The van der Waals surface area contributed by atoms with Crippen molar-refractivity contribution in [1.29, 1.82) is 0 Å². The van der Waals surface area contributed by atoms with E-state index in [2.05, 4.69) is 21.8 Å². The van der Waals surface area contributed by atoms with Gasteiger partial charge in [0.1, 0.15) is 4.90 Å². The summed E-state index contributed by atoms with van der Waals surface area (Å²) in [6.45, 7) is 0.0200. The van der Waals surface area contributed by atoms with Gasteiger partial charge in [-0.15, -0.1) is 0 Å². The molecule has 4 unspecified atom stereocenters. The molecular formula is C39H35N3O6S2. The molecule has 254 valence electrons. The highest BCUT2D eigenvalue weighted by Gasteiger charge is 2.42. The molecule has 4 atom stereocenters. The normalized spacial score (nSPS) is 19.4. The number of nitrogens with one attached hydrogen (secondary N) is 1. The fourth-order valence-electron chi connectivity index (χ4n) is 6.19. The number of fused-ring (bicyclic) bond motifs is 1. The number of hydrogen-bond acceptors (Lipinski definition) is 8. The van der Waals surface area contributed by atoms with E-state index >= 15 is 0 Å². The molecule has 7 rings (SSSR count). The third-order valence-electron chi connectivity index (χ3n) is 8.76. The van der Waals surface area contributed by atoms with Crippen molar-refractivity contribution < 1.29 is 27.7 Å². The SMILES string of the molecule is O=S(=O)(NCc1ccc(C2OC(CSc3cccc[n+]3[O-])C(c3ccccc3)C(c3ccc(CO)cc3)O2)cc1)c1cccc2cccnc12. The van der Waals surface area contributed by atoms with Gasteiger partial charge < -0.3 is 19.8 Å². The summed E-state index contributed by atoms with van der Waals surface area (Å²) in [5.41, 5.74) is 4.73. The largest absolute Gasteiger partial charge is 0.618 e. The molecule has 0 amide bonds. The third-order valence-corrected chi connectivity index (χ3v) is 11.3. The van der Waals surface area contributed by atoms with E-state index in [0.29, 0.717) is 16.3 Å². The molecular weight excluding hydrogens is 671 g/mol. The van der Waals surface area contributed by atoms with Crippen LogP contribution in [0.25, 0.3) is 10.9 Å². The molecule has 9 nitrogen and oxygen atoms in total. The minimum absolute atomic E-state index is 0.0630. The molecule has 1 aliphatic rings. The average Bonchev–Trinajstić information content (AvgIpc) is 3.17. The summed E-state index contributed by atoms with van der Waals surface area (Å²) in [5, 5.41) is 23.5. The quantitative estimate of drug-likeness (QED) is 0.0882. The molecule has 0 radical (unpaired) electrons. The summed E-state index contributed by atoms with van der Waals surface area (Å²) in [6, 6.07) is 39.3. The minimum Gasteiger partial charge on any atom is -0.618 e. The summed E-state index contributed by atoms with van der Waals surface area (Å²) in [4.78, 5) is 4.42. The second-order valence-electron chi connectivity index (χ2n) is 12.0. The Hall–Kier alpha value is -4.62. The lowest BCUT2D eigenvalue weighted by Gasteiger charge is -2.43. The first kappa shape index (κ1) is 33.9. The second kappa shape index (κ2) is 15.1. The predicted molar refractivity (Wildman–Crippen MR) is 191 cm³/mol.